The Morgan fingerprint density at radius 1 is 1.39 bits per heavy atom. The van der Waals surface area contributed by atoms with Crippen molar-refractivity contribution in [1.29, 1.82) is 2.67 Å². The van der Waals surface area contributed by atoms with Crippen LogP contribution in [-0.4, -0.2) is 43.6 Å². The van der Waals surface area contributed by atoms with Crippen LogP contribution in [0.3, 0.4) is 0 Å². The summed E-state index contributed by atoms with van der Waals surface area (Å²) in [4.78, 5) is 0. The largest absolute Gasteiger partial charge is 0.389 e. The molecule has 4 rings (SSSR count). The second-order valence-corrected chi connectivity index (χ2v) is 11.0. The second kappa shape index (κ2) is 7.47. The quantitative estimate of drug-likeness (QED) is 0.422. The van der Waals surface area contributed by atoms with Crippen molar-refractivity contribution in [2.24, 2.45) is 22.7 Å². The molecule has 0 amide bonds. The summed E-state index contributed by atoms with van der Waals surface area (Å²) in [5.74, 6) is 0.654. The molecule has 4 aliphatic rings. The lowest BCUT2D eigenvalue weighted by molar-refractivity contribution is 0.0168. The van der Waals surface area contributed by atoms with E-state index in [9.17, 15) is 9.32 Å². The Kier molecular flexibility index (Phi) is 4.95. The minimum atomic E-state index is -1.31. The van der Waals surface area contributed by atoms with Crippen LogP contribution in [0.15, 0.2) is 34.9 Å². The normalized spacial score (nSPS) is 48.3. The van der Waals surface area contributed by atoms with E-state index in [1.807, 2.05) is 6.92 Å². The maximum Gasteiger partial charge on any atom is 0.216 e. The van der Waals surface area contributed by atoms with E-state index < -0.39 is 10.7 Å². The summed E-state index contributed by atoms with van der Waals surface area (Å²) in [5.41, 5.74) is 3.66. The summed E-state index contributed by atoms with van der Waals surface area (Å²) in [7, 11) is 0.935. The van der Waals surface area contributed by atoms with Crippen molar-refractivity contribution in [3.8, 4) is 0 Å². The van der Waals surface area contributed by atoms with Crippen molar-refractivity contribution in [1.82, 2.24) is 0 Å². The van der Waals surface area contributed by atoms with E-state index in [1.54, 1.807) is 0 Å². The molecule has 150 valence electrons. The standard InChI is InChI=1S/C21H30B2O3S2/c1-4-15-18(24)11-17-14-6-5-12-9-13(28(23)25)10-19(26-27-22)21(12,3)16(14)7-8-20(15,17)2/h4-6,13,16-19,22-24H,7-11H2,1-3H3/b15-4-/t13-,16?,17?,18?,19+,20-,21+,28?/m1/s1/i22T,23T. The van der Waals surface area contributed by atoms with Gasteiger partial charge in [-0.1, -0.05) is 55.1 Å². The van der Waals surface area contributed by atoms with Gasteiger partial charge < -0.3 is 9.29 Å². The summed E-state index contributed by atoms with van der Waals surface area (Å²) in [6.45, 7) is 6.63. The Bertz CT molecular complexity index is 820. The number of fused-ring (bicyclic) bond motifs is 5. The average Bonchev–Trinajstić information content (AvgIpc) is 3.00. The van der Waals surface area contributed by atoms with Crippen LogP contribution in [0.25, 0.3) is 0 Å². The molecule has 8 atom stereocenters. The number of hydrogen-bond acceptors (Lipinski definition) is 4. The van der Waals surface area contributed by atoms with Gasteiger partial charge >= 0.3 is 0 Å². The van der Waals surface area contributed by atoms with E-state index in [0.717, 1.165) is 44.7 Å². The van der Waals surface area contributed by atoms with Crippen molar-refractivity contribution in [2.45, 2.75) is 70.3 Å². The third-order valence-electron chi connectivity index (χ3n) is 8.30. The van der Waals surface area contributed by atoms with Crippen LogP contribution in [0.1, 0.15) is 52.9 Å². The van der Waals surface area contributed by atoms with Crippen LogP contribution in [0.2, 0.25) is 0 Å². The Morgan fingerprint density at radius 3 is 2.93 bits per heavy atom. The summed E-state index contributed by atoms with van der Waals surface area (Å²) >= 11 is 1.04. The van der Waals surface area contributed by atoms with E-state index in [1.165, 1.54) is 23.8 Å². The Hall–Kier alpha value is -0.230. The van der Waals surface area contributed by atoms with Gasteiger partial charge in [0.25, 0.3) is 0 Å². The molecule has 0 spiro atoms. The minimum absolute atomic E-state index is 0.0111. The van der Waals surface area contributed by atoms with Gasteiger partial charge in [0.1, 0.15) is 0 Å². The van der Waals surface area contributed by atoms with E-state index >= 15 is 0 Å². The first kappa shape index (κ1) is 18.5. The number of hydrogen-bond donors (Lipinski definition) is 1. The smallest absolute Gasteiger partial charge is 0.216 e. The lowest BCUT2D eigenvalue weighted by Gasteiger charge is -2.56. The first-order valence-corrected chi connectivity index (χ1v) is 12.3. The van der Waals surface area contributed by atoms with Crippen molar-refractivity contribution < 1.29 is 13.5 Å². The molecule has 0 aromatic heterocycles. The van der Waals surface area contributed by atoms with E-state index in [0.29, 0.717) is 18.3 Å². The van der Waals surface area contributed by atoms with Gasteiger partial charge in [0.15, 0.2) is 0 Å². The van der Waals surface area contributed by atoms with Crippen molar-refractivity contribution >= 4 is 36.7 Å². The number of rotatable bonds is 5. The predicted octanol–water partition coefficient (Wildman–Crippen LogP) is 3.18. The molecule has 2 radical (unpaired) electrons. The maximum atomic E-state index is 12.4. The van der Waals surface area contributed by atoms with Gasteiger partial charge in [-0.15, -0.1) is 0 Å². The highest BCUT2D eigenvalue weighted by Crippen LogP contribution is 2.65. The Balaban J connectivity index is 1.74. The van der Waals surface area contributed by atoms with Gasteiger partial charge in [-0.2, -0.15) is 0 Å². The molecule has 0 saturated heterocycles. The highest BCUT2D eigenvalue weighted by atomic mass is 32.2. The van der Waals surface area contributed by atoms with Gasteiger partial charge in [-0.05, 0) is 75.2 Å². The van der Waals surface area contributed by atoms with Gasteiger partial charge in [0.2, 0.25) is 14.2 Å². The van der Waals surface area contributed by atoms with Crippen LogP contribution in [-0.2, 0) is 14.8 Å². The predicted molar refractivity (Wildman–Crippen MR) is 121 cm³/mol. The van der Waals surface area contributed by atoms with Crippen LogP contribution in [0.4, 0.5) is 0 Å². The second-order valence-electron chi connectivity index (χ2n) is 9.27. The van der Waals surface area contributed by atoms with Gasteiger partial charge in [0.05, 0.1) is 12.2 Å². The lowest BCUT2D eigenvalue weighted by Crippen LogP contribution is -2.52. The van der Waals surface area contributed by atoms with Crippen molar-refractivity contribution in [3.63, 3.8) is 0 Å². The number of allylic oxidation sites excluding steroid dienone is 4. The fraction of sp³-hybridized carbons (Fsp3) is 0.714. The summed E-state index contributed by atoms with van der Waals surface area (Å²) in [6, 6.07) is 0. The molecule has 0 aliphatic heterocycles. The molecule has 0 aromatic carbocycles. The molecular formula is C21H30B2O3S2. The molecular weight excluding hydrogens is 386 g/mol. The zero-order chi connectivity index (χ0) is 21.7. The highest BCUT2D eigenvalue weighted by Gasteiger charge is 2.59. The molecule has 0 heterocycles. The first-order valence-electron chi connectivity index (χ1n) is 11.4. The number of aliphatic hydroxyl groups excluding tert-OH is 1. The fourth-order valence-electron chi connectivity index (χ4n) is 6.78. The Labute approximate surface area is 180 Å². The first-order chi connectivity index (χ1) is 14.3. The molecule has 28 heavy (non-hydrogen) atoms. The third-order valence-corrected chi connectivity index (χ3v) is 9.66. The van der Waals surface area contributed by atoms with Crippen molar-refractivity contribution in [3.05, 3.63) is 34.9 Å². The monoisotopic (exact) mass is 420 g/mol. The van der Waals surface area contributed by atoms with Crippen LogP contribution in [0, 0.1) is 22.7 Å². The average molecular weight is 420 g/mol. The third kappa shape index (κ3) is 2.91. The lowest BCUT2D eigenvalue weighted by atomic mass is 9.50. The molecule has 0 aromatic rings. The van der Waals surface area contributed by atoms with Crippen LogP contribution >= 0.6 is 11.9 Å². The van der Waals surface area contributed by atoms with Gasteiger partial charge in [-0.3, -0.25) is 4.21 Å². The number of aliphatic hydroxyl groups is 1. The molecule has 0 bridgehead atoms. The van der Waals surface area contributed by atoms with E-state index in [2.05, 4.69) is 32.1 Å². The molecule has 4 unspecified atom stereocenters. The highest BCUT2D eigenvalue weighted by molar-refractivity contribution is 8.15. The molecule has 3 nitrogen and oxygen atoms in total. The Morgan fingerprint density at radius 2 is 2.21 bits per heavy atom. The van der Waals surface area contributed by atoms with Gasteiger partial charge in [0, 0.05) is 10.7 Å². The van der Waals surface area contributed by atoms with Crippen molar-refractivity contribution in [2.75, 3.05) is 0 Å². The summed E-state index contributed by atoms with van der Waals surface area (Å²) in [6.07, 6.45) is 10.3. The maximum absolute atomic E-state index is 12.4. The van der Waals surface area contributed by atoms with E-state index in [4.69, 9.17) is 6.85 Å². The topological polar surface area (TPSA) is 46.5 Å². The zero-order valence-electron chi connectivity index (χ0n) is 18.9. The fourth-order valence-corrected chi connectivity index (χ4v) is 7.90. The van der Waals surface area contributed by atoms with Gasteiger partial charge in [-0.25, -0.2) is 0 Å². The van der Waals surface area contributed by atoms with Crippen LogP contribution < -0.4 is 0 Å². The minimum Gasteiger partial charge on any atom is -0.389 e. The molecule has 3 saturated carbocycles. The summed E-state index contributed by atoms with van der Waals surface area (Å²) < 4.78 is 33.4. The molecule has 7 heteroatoms. The molecule has 3 fully saturated rings. The molecule has 1 N–H and O–H groups in total. The molecule has 4 aliphatic carbocycles. The summed E-state index contributed by atoms with van der Waals surface area (Å²) in [5, 5.41) is 10.6. The van der Waals surface area contributed by atoms with E-state index in [-0.39, 0.29) is 28.3 Å². The SMILES string of the molecule is [3H][B]SO[C@H]1C[C@H](S(=O)[B][3H])CC2=CC=C3C(CC[C@]4(C)/C(=C\C)C(O)CC34)[C@]21C. The van der Waals surface area contributed by atoms with Crippen LogP contribution in [0.5, 0.6) is 0 Å². The zero-order valence-corrected chi connectivity index (χ0v) is 18.5.